The van der Waals surface area contributed by atoms with Crippen LogP contribution in [-0.2, 0) is 14.8 Å². The summed E-state index contributed by atoms with van der Waals surface area (Å²) in [6, 6.07) is 4.62. The second-order valence-corrected chi connectivity index (χ2v) is 8.21. The summed E-state index contributed by atoms with van der Waals surface area (Å²) in [5.41, 5.74) is 0.492. The Labute approximate surface area is 152 Å². The Morgan fingerprint density at radius 2 is 2.00 bits per heavy atom. The van der Waals surface area contributed by atoms with E-state index in [-0.39, 0.29) is 41.7 Å². The minimum atomic E-state index is -3.78. The van der Waals surface area contributed by atoms with Crippen LogP contribution in [0.5, 0.6) is 0 Å². The van der Waals surface area contributed by atoms with Gasteiger partial charge in [-0.15, -0.1) is 0 Å². The third-order valence-corrected chi connectivity index (χ3v) is 5.96. The minimum Gasteiger partial charge on any atom is -0.455 e. The Hall–Kier alpha value is -2.23. The first-order chi connectivity index (χ1) is 12.3. The number of hydrogen-bond acceptors (Lipinski definition) is 6. The molecule has 1 aliphatic rings. The van der Waals surface area contributed by atoms with Crippen LogP contribution in [0.3, 0.4) is 0 Å². The molecule has 0 bridgehead atoms. The van der Waals surface area contributed by atoms with Crippen molar-refractivity contribution in [3.63, 3.8) is 0 Å². The molecule has 0 radical (unpaired) electrons. The van der Waals surface area contributed by atoms with E-state index in [0.29, 0.717) is 5.69 Å². The highest BCUT2D eigenvalue weighted by Crippen LogP contribution is 2.26. The van der Waals surface area contributed by atoms with Crippen molar-refractivity contribution < 1.29 is 22.4 Å². The van der Waals surface area contributed by atoms with E-state index in [4.69, 9.17) is 9.15 Å². The number of sulfonamides is 1. The lowest BCUT2D eigenvalue weighted by Crippen LogP contribution is -2.48. The first-order valence-corrected chi connectivity index (χ1v) is 9.69. The zero-order valence-corrected chi connectivity index (χ0v) is 15.6. The molecule has 140 valence electrons. The number of nitrogens with one attached hydrogen (secondary N) is 1. The van der Waals surface area contributed by atoms with Crippen LogP contribution in [0.1, 0.15) is 30.2 Å². The van der Waals surface area contributed by atoms with Gasteiger partial charge in [-0.2, -0.15) is 4.31 Å². The maximum absolute atomic E-state index is 13.0. The van der Waals surface area contributed by atoms with Crippen molar-refractivity contribution >= 4 is 21.6 Å². The predicted molar refractivity (Wildman–Crippen MR) is 94.4 cm³/mol. The van der Waals surface area contributed by atoms with Crippen molar-refractivity contribution in [3.05, 3.63) is 42.1 Å². The quantitative estimate of drug-likeness (QED) is 0.872. The molecule has 26 heavy (non-hydrogen) atoms. The first kappa shape index (κ1) is 18.6. The molecule has 0 aromatic carbocycles. The molecule has 1 saturated heterocycles. The Morgan fingerprint density at radius 1 is 1.31 bits per heavy atom. The molecule has 1 aliphatic heterocycles. The molecule has 0 unspecified atom stereocenters. The van der Waals surface area contributed by atoms with Crippen LogP contribution < -0.4 is 5.32 Å². The molecule has 2 aromatic rings. The lowest BCUT2D eigenvalue weighted by atomic mass is 10.3. The van der Waals surface area contributed by atoms with Gasteiger partial charge in [0.1, 0.15) is 10.7 Å². The zero-order valence-electron chi connectivity index (χ0n) is 14.8. The number of carbonyl (C=O) groups is 1. The molecular weight excluding hydrogens is 358 g/mol. The summed E-state index contributed by atoms with van der Waals surface area (Å²) in [6.07, 6.45) is 2.67. The topological polar surface area (TPSA) is 102 Å². The highest BCUT2D eigenvalue weighted by atomic mass is 32.2. The summed E-state index contributed by atoms with van der Waals surface area (Å²) in [6.45, 7) is 5.70. The normalized spacial score (nSPS) is 21.5. The summed E-state index contributed by atoms with van der Waals surface area (Å²) in [7, 11) is -3.78. The molecule has 2 aromatic heterocycles. The number of ether oxygens (including phenoxy) is 1. The molecule has 1 N–H and O–H groups in total. The number of pyridine rings is 1. The van der Waals surface area contributed by atoms with Gasteiger partial charge in [-0.1, -0.05) is 0 Å². The predicted octanol–water partition coefficient (Wildman–Crippen LogP) is 2.03. The number of carbonyl (C=O) groups excluding carboxylic acids is 1. The third-order valence-electron chi connectivity index (χ3n) is 4.02. The zero-order chi connectivity index (χ0) is 18.9. The van der Waals surface area contributed by atoms with Gasteiger partial charge in [-0.05, 0) is 32.9 Å². The number of rotatable bonds is 4. The number of amides is 1. The van der Waals surface area contributed by atoms with Gasteiger partial charge in [0, 0.05) is 25.4 Å². The maximum Gasteiger partial charge on any atom is 0.291 e. The molecule has 3 rings (SSSR count). The largest absolute Gasteiger partial charge is 0.455 e. The number of furan rings is 1. The van der Waals surface area contributed by atoms with Crippen LogP contribution in [0, 0.1) is 6.92 Å². The number of aromatic nitrogens is 1. The van der Waals surface area contributed by atoms with Crippen molar-refractivity contribution in [1.82, 2.24) is 9.29 Å². The first-order valence-electron chi connectivity index (χ1n) is 8.25. The molecule has 2 atom stereocenters. The van der Waals surface area contributed by atoms with Gasteiger partial charge in [0.2, 0.25) is 10.0 Å². The monoisotopic (exact) mass is 379 g/mol. The smallest absolute Gasteiger partial charge is 0.291 e. The standard InChI is InChI=1S/C17H21N3O5S/c1-11-9-20(10-12(2)24-11)26(22,23)16-7-15(25-13(16)3)17(21)19-14-5-4-6-18-8-14/h4-8,11-12H,9-10H2,1-3H3,(H,19,21)/t11-,12-/m0/s1. The number of aryl methyl sites for hydroxylation is 1. The van der Waals surface area contributed by atoms with Crippen LogP contribution in [-0.4, -0.2) is 48.9 Å². The summed E-state index contributed by atoms with van der Waals surface area (Å²) >= 11 is 0. The molecular formula is C17H21N3O5S. The van der Waals surface area contributed by atoms with Gasteiger partial charge in [0.15, 0.2) is 5.76 Å². The van der Waals surface area contributed by atoms with Crippen LogP contribution in [0.4, 0.5) is 5.69 Å². The lowest BCUT2D eigenvalue weighted by Gasteiger charge is -2.34. The SMILES string of the molecule is Cc1oc(C(=O)Nc2cccnc2)cc1S(=O)(=O)N1C[C@H](C)O[C@@H](C)C1. The van der Waals surface area contributed by atoms with Crippen LogP contribution in [0.15, 0.2) is 39.9 Å². The van der Waals surface area contributed by atoms with E-state index in [0.717, 1.165) is 0 Å². The van der Waals surface area contributed by atoms with Gasteiger partial charge < -0.3 is 14.5 Å². The highest BCUT2D eigenvalue weighted by Gasteiger charge is 2.35. The molecule has 3 heterocycles. The molecule has 8 nitrogen and oxygen atoms in total. The number of morpholine rings is 1. The Kier molecular flexibility index (Phi) is 5.12. The lowest BCUT2D eigenvalue weighted by molar-refractivity contribution is -0.0441. The number of hydrogen-bond donors (Lipinski definition) is 1. The Bertz CT molecular complexity index is 884. The Balaban J connectivity index is 1.84. The highest BCUT2D eigenvalue weighted by molar-refractivity contribution is 7.89. The Morgan fingerprint density at radius 3 is 2.62 bits per heavy atom. The van der Waals surface area contributed by atoms with Gasteiger partial charge in [-0.3, -0.25) is 9.78 Å². The van der Waals surface area contributed by atoms with Crippen molar-refractivity contribution in [2.45, 2.75) is 37.9 Å². The van der Waals surface area contributed by atoms with E-state index in [9.17, 15) is 13.2 Å². The van der Waals surface area contributed by atoms with Crippen LogP contribution >= 0.6 is 0 Å². The number of nitrogens with zero attached hydrogens (tertiary/aromatic N) is 2. The fourth-order valence-electron chi connectivity index (χ4n) is 2.93. The van der Waals surface area contributed by atoms with E-state index >= 15 is 0 Å². The van der Waals surface area contributed by atoms with Gasteiger partial charge in [0.05, 0.1) is 24.1 Å². The van der Waals surface area contributed by atoms with Crippen molar-refractivity contribution in [3.8, 4) is 0 Å². The van der Waals surface area contributed by atoms with E-state index in [1.54, 1.807) is 18.3 Å². The van der Waals surface area contributed by atoms with Crippen LogP contribution in [0.2, 0.25) is 0 Å². The third kappa shape index (κ3) is 3.79. The van der Waals surface area contributed by atoms with E-state index in [2.05, 4.69) is 10.3 Å². The van der Waals surface area contributed by atoms with E-state index in [1.165, 1.54) is 23.5 Å². The summed E-state index contributed by atoms with van der Waals surface area (Å²) in [5, 5.41) is 2.62. The summed E-state index contributed by atoms with van der Waals surface area (Å²) in [4.78, 5) is 16.2. The molecule has 0 aliphatic carbocycles. The minimum absolute atomic E-state index is 0.00450. The number of anilines is 1. The van der Waals surface area contributed by atoms with Crippen LogP contribution in [0.25, 0.3) is 0 Å². The second-order valence-electron chi connectivity index (χ2n) is 6.31. The molecule has 1 fully saturated rings. The average Bonchev–Trinajstić information content (AvgIpc) is 2.98. The fraction of sp³-hybridized carbons (Fsp3) is 0.412. The molecule has 9 heteroatoms. The van der Waals surface area contributed by atoms with Gasteiger partial charge in [-0.25, -0.2) is 8.42 Å². The average molecular weight is 379 g/mol. The maximum atomic E-state index is 13.0. The summed E-state index contributed by atoms with van der Waals surface area (Å²) < 4.78 is 38.3. The van der Waals surface area contributed by atoms with E-state index < -0.39 is 15.9 Å². The van der Waals surface area contributed by atoms with E-state index in [1.807, 2.05) is 13.8 Å². The second kappa shape index (κ2) is 7.18. The molecule has 0 spiro atoms. The van der Waals surface area contributed by atoms with Crippen molar-refractivity contribution in [2.75, 3.05) is 18.4 Å². The summed E-state index contributed by atoms with van der Waals surface area (Å²) in [5.74, 6) is -0.432. The van der Waals surface area contributed by atoms with Gasteiger partial charge >= 0.3 is 0 Å². The van der Waals surface area contributed by atoms with Crippen molar-refractivity contribution in [1.29, 1.82) is 0 Å². The molecule has 0 saturated carbocycles. The van der Waals surface area contributed by atoms with Gasteiger partial charge in [0.25, 0.3) is 5.91 Å². The fourth-order valence-corrected chi connectivity index (χ4v) is 4.68. The molecule has 1 amide bonds. The van der Waals surface area contributed by atoms with Crippen molar-refractivity contribution in [2.24, 2.45) is 0 Å².